The van der Waals surface area contributed by atoms with Crippen LogP contribution in [0.1, 0.15) is 6.92 Å². The number of nitrogens with one attached hydrogen (secondary N) is 1. The molecule has 0 aliphatic heterocycles. The van der Waals surface area contributed by atoms with Crippen LogP contribution in [0.5, 0.6) is 5.75 Å². The average molecular weight is 259 g/mol. The maximum atomic E-state index is 13.5. The Kier molecular flexibility index (Phi) is 4.65. The first kappa shape index (κ1) is 13.7. The highest BCUT2D eigenvalue weighted by Gasteiger charge is 2.15. The van der Waals surface area contributed by atoms with Gasteiger partial charge in [0.2, 0.25) is 10.0 Å². The molecule has 1 aromatic carbocycles. The number of benzene rings is 1. The minimum absolute atomic E-state index is 0.0372. The van der Waals surface area contributed by atoms with Gasteiger partial charge >= 0.3 is 0 Å². The van der Waals surface area contributed by atoms with Gasteiger partial charge in [0.15, 0.2) is 11.6 Å². The quantitative estimate of drug-likeness (QED) is 0.791. The van der Waals surface area contributed by atoms with Crippen LogP contribution in [0, 0.1) is 5.82 Å². The Morgan fingerprint density at radius 2 is 2.24 bits per heavy atom. The monoisotopic (exact) mass is 259 g/mol. The third kappa shape index (κ3) is 3.54. The first-order valence-electron chi connectivity index (χ1n) is 5.04. The number of rotatable bonds is 6. The predicted octanol–water partition coefficient (Wildman–Crippen LogP) is 1.69. The van der Waals surface area contributed by atoms with Gasteiger partial charge in [-0.2, -0.15) is 0 Å². The van der Waals surface area contributed by atoms with E-state index in [2.05, 4.69) is 11.3 Å². The maximum absolute atomic E-state index is 13.5. The highest BCUT2D eigenvalue weighted by Crippen LogP contribution is 2.20. The zero-order valence-corrected chi connectivity index (χ0v) is 10.3. The summed E-state index contributed by atoms with van der Waals surface area (Å²) in [7, 11) is -3.69. The van der Waals surface area contributed by atoms with E-state index in [1.165, 1.54) is 18.2 Å². The smallest absolute Gasteiger partial charge is 0.240 e. The molecule has 0 bridgehead atoms. The molecule has 0 aliphatic carbocycles. The summed E-state index contributed by atoms with van der Waals surface area (Å²) in [6.45, 7) is 5.52. The lowest BCUT2D eigenvalue weighted by molar-refractivity contribution is 0.321. The van der Waals surface area contributed by atoms with E-state index >= 15 is 0 Å². The van der Waals surface area contributed by atoms with E-state index in [0.717, 1.165) is 6.07 Å². The van der Waals surface area contributed by atoms with Gasteiger partial charge in [0.05, 0.1) is 11.5 Å². The second-order valence-corrected chi connectivity index (χ2v) is 4.93. The van der Waals surface area contributed by atoms with Crippen LogP contribution in [0.2, 0.25) is 0 Å². The van der Waals surface area contributed by atoms with Gasteiger partial charge in [0.25, 0.3) is 0 Å². The summed E-state index contributed by atoms with van der Waals surface area (Å²) in [5, 5.41) is 0. The molecule has 0 atom stereocenters. The van der Waals surface area contributed by atoms with Crippen molar-refractivity contribution in [3.8, 4) is 5.75 Å². The molecular weight excluding hydrogens is 245 g/mol. The van der Waals surface area contributed by atoms with Gasteiger partial charge in [0.1, 0.15) is 0 Å². The molecule has 0 heterocycles. The topological polar surface area (TPSA) is 55.4 Å². The summed E-state index contributed by atoms with van der Waals surface area (Å²) < 4.78 is 44.0. The normalized spacial score (nSPS) is 11.2. The number of ether oxygens (including phenoxy) is 1. The summed E-state index contributed by atoms with van der Waals surface area (Å²) in [6.07, 6.45) is 1.41. The van der Waals surface area contributed by atoms with Crippen LogP contribution < -0.4 is 9.46 Å². The molecule has 0 aromatic heterocycles. The van der Waals surface area contributed by atoms with Gasteiger partial charge in [-0.05, 0) is 25.1 Å². The molecule has 17 heavy (non-hydrogen) atoms. The zero-order valence-electron chi connectivity index (χ0n) is 9.44. The number of hydrogen-bond acceptors (Lipinski definition) is 3. The van der Waals surface area contributed by atoms with E-state index in [-0.39, 0.29) is 17.2 Å². The van der Waals surface area contributed by atoms with E-state index in [4.69, 9.17) is 4.74 Å². The molecule has 0 aliphatic rings. The molecule has 0 radical (unpaired) electrons. The van der Waals surface area contributed by atoms with Crippen molar-refractivity contribution in [3.63, 3.8) is 0 Å². The van der Waals surface area contributed by atoms with Crippen molar-refractivity contribution in [2.45, 2.75) is 11.8 Å². The summed E-state index contributed by atoms with van der Waals surface area (Å²) in [5.41, 5.74) is 0. The molecular formula is C11H14FNO3S. The summed E-state index contributed by atoms with van der Waals surface area (Å²) in [5.74, 6) is -0.663. The minimum Gasteiger partial charge on any atom is -0.491 e. The number of halogens is 1. The van der Waals surface area contributed by atoms with Crippen LogP contribution in [0.4, 0.5) is 4.39 Å². The minimum atomic E-state index is -3.69. The molecule has 0 saturated heterocycles. The molecule has 94 valence electrons. The van der Waals surface area contributed by atoms with Crippen LogP contribution in [-0.4, -0.2) is 21.6 Å². The maximum Gasteiger partial charge on any atom is 0.240 e. The lowest BCUT2D eigenvalue weighted by Gasteiger charge is -2.07. The third-order valence-corrected chi connectivity index (χ3v) is 3.35. The van der Waals surface area contributed by atoms with Crippen LogP contribution in [-0.2, 0) is 10.0 Å². The Balaban J connectivity index is 3.00. The Labute approximate surface area is 100 Å². The fourth-order valence-electron chi connectivity index (χ4n) is 1.17. The van der Waals surface area contributed by atoms with E-state index in [9.17, 15) is 12.8 Å². The van der Waals surface area contributed by atoms with E-state index < -0.39 is 15.8 Å². The van der Waals surface area contributed by atoms with Gasteiger partial charge < -0.3 is 4.74 Å². The highest BCUT2D eigenvalue weighted by molar-refractivity contribution is 7.89. The van der Waals surface area contributed by atoms with Crippen molar-refractivity contribution < 1.29 is 17.5 Å². The third-order valence-electron chi connectivity index (χ3n) is 1.93. The first-order chi connectivity index (χ1) is 8.01. The summed E-state index contributed by atoms with van der Waals surface area (Å²) in [6, 6.07) is 3.51. The zero-order chi connectivity index (χ0) is 12.9. The lowest BCUT2D eigenvalue weighted by atomic mass is 10.3. The molecule has 1 aromatic rings. The Hall–Kier alpha value is -1.40. The van der Waals surface area contributed by atoms with E-state index in [0.29, 0.717) is 6.61 Å². The largest absolute Gasteiger partial charge is 0.491 e. The van der Waals surface area contributed by atoms with Gasteiger partial charge in [-0.15, -0.1) is 6.58 Å². The lowest BCUT2D eigenvalue weighted by Crippen LogP contribution is -2.23. The van der Waals surface area contributed by atoms with Crippen molar-refractivity contribution in [2.75, 3.05) is 13.2 Å². The van der Waals surface area contributed by atoms with Gasteiger partial charge in [-0.25, -0.2) is 17.5 Å². The average Bonchev–Trinajstić information content (AvgIpc) is 2.29. The molecule has 0 fully saturated rings. The van der Waals surface area contributed by atoms with Crippen LogP contribution in [0.25, 0.3) is 0 Å². The Morgan fingerprint density at radius 3 is 2.76 bits per heavy atom. The van der Waals surface area contributed by atoms with E-state index in [1.54, 1.807) is 6.92 Å². The number of sulfonamides is 1. The molecule has 0 amide bonds. The molecule has 0 spiro atoms. The highest BCUT2D eigenvalue weighted by atomic mass is 32.2. The second kappa shape index (κ2) is 5.79. The van der Waals surface area contributed by atoms with Crippen LogP contribution >= 0.6 is 0 Å². The van der Waals surface area contributed by atoms with Gasteiger partial charge in [-0.3, -0.25) is 0 Å². The Bertz CT molecular complexity index is 499. The first-order valence-corrected chi connectivity index (χ1v) is 6.52. The van der Waals surface area contributed by atoms with Gasteiger partial charge in [0, 0.05) is 6.54 Å². The number of hydrogen-bond donors (Lipinski definition) is 1. The SMILES string of the molecule is C=CCNS(=O)(=O)c1ccc(OCC)c(F)c1. The molecule has 0 saturated carbocycles. The molecule has 0 unspecified atom stereocenters. The summed E-state index contributed by atoms with van der Waals surface area (Å²) >= 11 is 0. The van der Waals surface area contributed by atoms with Crippen molar-refractivity contribution >= 4 is 10.0 Å². The van der Waals surface area contributed by atoms with Crippen molar-refractivity contribution in [1.82, 2.24) is 4.72 Å². The van der Waals surface area contributed by atoms with Crippen molar-refractivity contribution in [3.05, 3.63) is 36.7 Å². The predicted molar refractivity (Wildman–Crippen MR) is 63.0 cm³/mol. The summed E-state index contributed by atoms with van der Waals surface area (Å²) in [4.78, 5) is -0.139. The van der Waals surface area contributed by atoms with E-state index in [1.807, 2.05) is 0 Å². The standard InChI is InChI=1S/C11H14FNO3S/c1-3-7-13-17(14,15)9-5-6-11(16-4-2)10(12)8-9/h3,5-6,8,13H,1,4,7H2,2H3. The fraction of sp³-hybridized carbons (Fsp3) is 0.273. The van der Waals surface area contributed by atoms with Gasteiger partial charge in [-0.1, -0.05) is 6.08 Å². The van der Waals surface area contributed by atoms with Crippen LogP contribution in [0.15, 0.2) is 35.7 Å². The van der Waals surface area contributed by atoms with Crippen molar-refractivity contribution in [1.29, 1.82) is 0 Å². The Morgan fingerprint density at radius 1 is 1.53 bits per heavy atom. The molecule has 1 rings (SSSR count). The second-order valence-electron chi connectivity index (χ2n) is 3.17. The van der Waals surface area contributed by atoms with Crippen molar-refractivity contribution in [2.24, 2.45) is 0 Å². The molecule has 4 nitrogen and oxygen atoms in total. The molecule has 1 N–H and O–H groups in total. The fourth-order valence-corrected chi connectivity index (χ4v) is 2.18. The molecule has 6 heteroatoms. The van der Waals surface area contributed by atoms with Crippen LogP contribution in [0.3, 0.4) is 0 Å².